The summed E-state index contributed by atoms with van der Waals surface area (Å²) in [6.07, 6.45) is 1.45. The van der Waals surface area contributed by atoms with Crippen molar-refractivity contribution in [2.24, 2.45) is 5.10 Å². The van der Waals surface area contributed by atoms with E-state index in [1.54, 1.807) is 0 Å². The van der Waals surface area contributed by atoms with Crippen molar-refractivity contribution in [1.29, 1.82) is 0 Å². The zero-order chi connectivity index (χ0) is 13.7. The predicted molar refractivity (Wildman–Crippen MR) is 69.2 cm³/mol. The first-order valence-electron chi connectivity index (χ1n) is 5.37. The standard InChI is InChI=1S/C12H10N4O3/c17-10-6-9(14-12(19)15-10)11(18)16-13-7-8-4-2-1-3-5-8/h1-7H,(H,16,18)(H2,14,15,17,19). The van der Waals surface area contributed by atoms with Gasteiger partial charge in [0.05, 0.1) is 6.21 Å². The minimum absolute atomic E-state index is 0.154. The Bertz CT molecular complexity index is 687. The van der Waals surface area contributed by atoms with Crippen LogP contribution in [0.2, 0.25) is 0 Å². The van der Waals surface area contributed by atoms with E-state index in [0.29, 0.717) is 0 Å². The van der Waals surface area contributed by atoms with E-state index in [4.69, 9.17) is 0 Å². The molecule has 1 amide bonds. The Balaban J connectivity index is 2.08. The van der Waals surface area contributed by atoms with E-state index in [9.17, 15) is 14.4 Å². The average Bonchev–Trinajstić information content (AvgIpc) is 2.38. The molecule has 0 aliphatic carbocycles. The highest BCUT2D eigenvalue weighted by molar-refractivity contribution is 5.92. The molecule has 0 fully saturated rings. The summed E-state index contributed by atoms with van der Waals surface area (Å²) in [7, 11) is 0. The summed E-state index contributed by atoms with van der Waals surface area (Å²) in [4.78, 5) is 37.8. The van der Waals surface area contributed by atoms with Crippen molar-refractivity contribution < 1.29 is 4.79 Å². The molecule has 2 rings (SSSR count). The molecule has 0 atom stereocenters. The summed E-state index contributed by atoms with van der Waals surface area (Å²) in [6, 6.07) is 10.1. The topological polar surface area (TPSA) is 107 Å². The molecule has 7 nitrogen and oxygen atoms in total. The number of hydrazone groups is 1. The van der Waals surface area contributed by atoms with Crippen molar-refractivity contribution in [1.82, 2.24) is 15.4 Å². The fourth-order valence-electron chi connectivity index (χ4n) is 1.36. The Hall–Kier alpha value is -2.96. The van der Waals surface area contributed by atoms with Crippen LogP contribution in [-0.4, -0.2) is 22.1 Å². The van der Waals surface area contributed by atoms with Crippen LogP contribution >= 0.6 is 0 Å². The van der Waals surface area contributed by atoms with Crippen LogP contribution in [0, 0.1) is 0 Å². The molecule has 0 saturated heterocycles. The number of amides is 1. The number of carbonyl (C=O) groups excluding carboxylic acids is 1. The van der Waals surface area contributed by atoms with Crippen LogP contribution in [0.5, 0.6) is 0 Å². The van der Waals surface area contributed by atoms with Gasteiger partial charge in [-0.15, -0.1) is 0 Å². The molecule has 0 spiro atoms. The Morgan fingerprint density at radius 2 is 1.89 bits per heavy atom. The first kappa shape index (κ1) is 12.5. The van der Waals surface area contributed by atoms with E-state index in [-0.39, 0.29) is 5.69 Å². The van der Waals surface area contributed by atoms with Gasteiger partial charge in [-0.1, -0.05) is 30.3 Å². The molecule has 7 heteroatoms. The van der Waals surface area contributed by atoms with Gasteiger partial charge >= 0.3 is 5.69 Å². The predicted octanol–water partition coefficient (Wildman–Crippen LogP) is -0.173. The van der Waals surface area contributed by atoms with Gasteiger partial charge in [-0.05, 0) is 5.56 Å². The monoisotopic (exact) mass is 258 g/mol. The second kappa shape index (κ2) is 5.58. The van der Waals surface area contributed by atoms with Crippen LogP contribution in [0.4, 0.5) is 0 Å². The highest BCUT2D eigenvalue weighted by Crippen LogP contribution is 1.93. The lowest BCUT2D eigenvalue weighted by Crippen LogP contribution is -2.28. The van der Waals surface area contributed by atoms with E-state index in [2.05, 4.69) is 15.5 Å². The fraction of sp³-hybridized carbons (Fsp3) is 0. The van der Waals surface area contributed by atoms with E-state index < -0.39 is 17.2 Å². The molecule has 0 bridgehead atoms. The lowest BCUT2D eigenvalue weighted by Gasteiger charge is -1.98. The van der Waals surface area contributed by atoms with Gasteiger partial charge in [-0.2, -0.15) is 5.10 Å². The molecule has 1 aromatic carbocycles. The van der Waals surface area contributed by atoms with Gasteiger partial charge < -0.3 is 4.98 Å². The lowest BCUT2D eigenvalue weighted by molar-refractivity contribution is 0.0949. The quantitative estimate of drug-likeness (QED) is 0.525. The first-order chi connectivity index (χ1) is 9.15. The van der Waals surface area contributed by atoms with Crippen molar-refractivity contribution in [3.05, 3.63) is 68.5 Å². The van der Waals surface area contributed by atoms with Crippen LogP contribution in [0.1, 0.15) is 16.1 Å². The Morgan fingerprint density at radius 3 is 2.58 bits per heavy atom. The Kier molecular flexibility index (Phi) is 3.67. The van der Waals surface area contributed by atoms with Gasteiger partial charge in [0.1, 0.15) is 5.69 Å². The number of hydrogen-bond acceptors (Lipinski definition) is 4. The van der Waals surface area contributed by atoms with Crippen LogP contribution in [0.3, 0.4) is 0 Å². The zero-order valence-electron chi connectivity index (χ0n) is 9.71. The zero-order valence-corrected chi connectivity index (χ0v) is 9.71. The highest BCUT2D eigenvalue weighted by Gasteiger charge is 2.06. The number of carbonyl (C=O) groups is 1. The van der Waals surface area contributed by atoms with Crippen LogP contribution in [-0.2, 0) is 0 Å². The summed E-state index contributed by atoms with van der Waals surface area (Å²) in [6.45, 7) is 0. The van der Waals surface area contributed by atoms with E-state index in [0.717, 1.165) is 11.6 Å². The molecule has 0 saturated carbocycles. The third-order valence-electron chi connectivity index (χ3n) is 2.18. The summed E-state index contributed by atoms with van der Waals surface area (Å²) < 4.78 is 0. The maximum atomic E-state index is 11.6. The van der Waals surface area contributed by atoms with Gasteiger partial charge in [-0.3, -0.25) is 14.6 Å². The lowest BCUT2D eigenvalue weighted by atomic mass is 10.2. The summed E-state index contributed by atoms with van der Waals surface area (Å²) in [5.41, 5.74) is 1.47. The normalized spacial score (nSPS) is 10.5. The van der Waals surface area contributed by atoms with Crippen LogP contribution in [0.15, 0.2) is 51.1 Å². The molecule has 2 aromatic rings. The third kappa shape index (κ3) is 3.50. The number of benzene rings is 1. The maximum Gasteiger partial charge on any atom is 0.326 e. The van der Waals surface area contributed by atoms with Crippen LogP contribution < -0.4 is 16.7 Å². The maximum absolute atomic E-state index is 11.6. The SMILES string of the molecule is O=C(NN=Cc1ccccc1)c1cc(=O)[nH]c(=O)[nH]1. The third-order valence-corrected chi connectivity index (χ3v) is 2.18. The van der Waals surface area contributed by atoms with Gasteiger partial charge in [0.25, 0.3) is 11.5 Å². The molecule has 0 unspecified atom stereocenters. The van der Waals surface area contributed by atoms with Gasteiger partial charge in [0.15, 0.2) is 0 Å². The van der Waals surface area contributed by atoms with Gasteiger partial charge in [0.2, 0.25) is 0 Å². The molecule has 0 aliphatic rings. The number of aromatic amines is 2. The van der Waals surface area contributed by atoms with Crippen molar-refractivity contribution in [3.63, 3.8) is 0 Å². The second-order valence-corrected chi connectivity index (χ2v) is 3.61. The molecule has 1 heterocycles. The van der Waals surface area contributed by atoms with Crippen molar-refractivity contribution >= 4 is 12.1 Å². The molecular formula is C12H10N4O3. The minimum atomic E-state index is -0.746. The fourth-order valence-corrected chi connectivity index (χ4v) is 1.36. The number of nitrogens with zero attached hydrogens (tertiary/aromatic N) is 1. The average molecular weight is 258 g/mol. The largest absolute Gasteiger partial charge is 0.326 e. The Morgan fingerprint density at radius 1 is 1.16 bits per heavy atom. The second-order valence-electron chi connectivity index (χ2n) is 3.61. The van der Waals surface area contributed by atoms with Gasteiger partial charge in [-0.25, -0.2) is 10.2 Å². The number of hydrogen-bond donors (Lipinski definition) is 3. The molecule has 3 N–H and O–H groups in total. The number of nitrogens with one attached hydrogen (secondary N) is 3. The molecule has 96 valence electrons. The van der Waals surface area contributed by atoms with Crippen LogP contribution in [0.25, 0.3) is 0 Å². The Labute approximate surface area is 107 Å². The van der Waals surface area contributed by atoms with E-state index in [1.807, 2.05) is 35.3 Å². The summed E-state index contributed by atoms with van der Waals surface area (Å²) >= 11 is 0. The molecule has 19 heavy (non-hydrogen) atoms. The summed E-state index contributed by atoms with van der Waals surface area (Å²) in [5.74, 6) is -0.671. The smallest absolute Gasteiger partial charge is 0.303 e. The molecule has 0 aliphatic heterocycles. The molecule has 0 radical (unpaired) electrons. The number of aromatic nitrogens is 2. The molecular weight excluding hydrogens is 248 g/mol. The number of H-pyrrole nitrogens is 2. The van der Waals surface area contributed by atoms with Crippen molar-refractivity contribution in [3.8, 4) is 0 Å². The van der Waals surface area contributed by atoms with Gasteiger partial charge in [0, 0.05) is 6.07 Å². The first-order valence-corrected chi connectivity index (χ1v) is 5.37. The summed E-state index contributed by atoms with van der Waals surface area (Å²) in [5, 5.41) is 3.72. The molecule has 1 aromatic heterocycles. The minimum Gasteiger partial charge on any atom is -0.303 e. The van der Waals surface area contributed by atoms with Crippen molar-refractivity contribution in [2.75, 3.05) is 0 Å². The number of rotatable bonds is 3. The van der Waals surface area contributed by atoms with E-state index in [1.165, 1.54) is 6.21 Å². The highest BCUT2D eigenvalue weighted by atomic mass is 16.2. The van der Waals surface area contributed by atoms with Crippen molar-refractivity contribution in [2.45, 2.75) is 0 Å². The van der Waals surface area contributed by atoms with E-state index >= 15 is 0 Å².